The van der Waals surface area contributed by atoms with Gasteiger partial charge in [0, 0.05) is 48.0 Å². The van der Waals surface area contributed by atoms with Gasteiger partial charge in [0.2, 0.25) is 0 Å². The Kier molecular flexibility index (Phi) is 7.88. The van der Waals surface area contributed by atoms with E-state index in [0.717, 1.165) is 29.4 Å². The van der Waals surface area contributed by atoms with Crippen LogP contribution in [-0.2, 0) is 29.6 Å². The van der Waals surface area contributed by atoms with Crippen LogP contribution in [0.2, 0.25) is 5.02 Å². The maximum Gasteiger partial charge on any atom is 0.303 e. The summed E-state index contributed by atoms with van der Waals surface area (Å²) in [5.41, 5.74) is 3.56. The van der Waals surface area contributed by atoms with Crippen molar-refractivity contribution in [1.29, 1.82) is 0 Å². The van der Waals surface area contributed by atoms with Gasteiger partial charge in [-0.25, -0.2) is 0 Å². The van der Waals surface area contributed by atoms with Crippen molar-refractivity contribution in [2.75, 3.05) is 6.61 Å². The highest BCUT2D eigenvalue weighted by Crippen LogP contribution is 2.30. The van der Waals surface area contributed by atoms with Crippen LogP contribution in [-0.4, -0.2) is 28.0 Å². The van der Waals surface area contributed by atoms with E-state index in [0.29, 0.717) is 23.8 Å². The first kappa shape index (κ1) is 23.0. The number of halogens is 1. The van der Waals surface area contributed by atoms with E-state index >= 15 is 0 Å². The maximum atomic E-state index is 13.2. The number of benzene rings is 2. The number of ketones is 1. The molecule has 31 heavy (non-hydrogen) atoms. The van der Waals surface area contributed by atoms with Gasteiger partial charge in [0.25, 0.3) is 0 Å². The molecule has 1 N–H and O–H groups in total. The molecule has 1 heterocycles. The minimum absolute atomic E-state index is 0.0391. The number of aryl methyl sites for hydroxylation is 2. The van der Waals surface area contributed by atoms with Crippen LogP contribution in [0.4, 0.5) is 0 Å². The Balaban J connectivity index is 1.75. The van der Waals surface area contributed by atoms with E-state index in [1.165, 1.54) is 5.56 Å². The van der Waals surface area contributed by atoms with E-state index in [2.05, 4.69) is 12.1 Å². The van der Waals surface area contributed by atoms with Crippen molar-refractivity contribution < 1.29 is 19.4 Å². The van der Waals surface area contributed by atoms with E-state index in [1.54, 1.807) is 19.1 Å². The van der Waals surface area contributed by atoms with Crippen LogP contribution in [0, 0.1) is 5.92 Å². The van der Waals surface area contributed by atoms with Crippen molar-refractivity contribution in [2.45, 2.75) is 39.2 Å². The summed E-state index contributed by atoms with van der Waals surface area (Å²) in [6, 6.07) is 15.8. The predicted molar refractivity (Wildman–Crippen MR) is 123 cm³/mol. The second-order valence-electron chi connectivity index (χ2n) is 8.01. The average molecular weight is 442 g/mol. The highest BCUT2D eigenvalue weighted by molar-refractivity contribution is 6.31. The summed E-state index contributed by atoms with van der Waals surface area (Å²) in [7, 11) is 1.91. The van der Waals surface area contributed by atoms with E-state index in [-0.39, 0.29) is 24.5 Å². The van der Waals surface area contributed by atoms with Gasteiger partial charge in [0.15, 0.2) is 5.78 Å². The molecular formula is C25H28ClNO4. The highest BCUT2D eigenvalue weighted by Gasteiger charge is 2.23. The summed E-state index contributed by atoms with van der Waals surface area (Å²) in [6.45, 7) is 2.68. The molecule has 0 aliphatic rings. The van der Waals surface area contributed by atoms with Crippen molar-refractivity contribution >= 4 is 34.3 Å². The van der Waals surface area contributed by atoms with Crippen molar-refractivity contribution in [3.63, 3.8) is 0 Å². The zero-order chi connectivity index (χ0) is 22.4. The maximum absolute atomic E-state index is 13.2. The molecule has 0 radical (unpaired) electrons. The van der Waals surface area contributed by atoms with Gasteiger partial charge in [-0.15, -0.1) is 0 Å². The van der Waals surface area contributed by atoms with Gasteiger partial charge in [-0.3, -0.25) is 9.59 Å². The minimum atomic E-state index is -0.900. The van der Waals surface area contributed by atoms with Crippen LogP contribution in [0.3, 0.4) is 0 Å². The molecule has 0 bridgehead atoms. The predicted octanol–water partition coefficient (Wildman–Crippen LogP) is 5.66. The zero-order valence-electron chi connectivity index (χ0n) is 17.9. The Morgan fingerprint density at radius 1 is 1.13 bits per heavy atom. The standard InChI is InChI=1S/C25H28ClNO4/c1-17(14-24(29)30)13-23(28)25-20-15-19(26)10-11-21(20)27(2)22(25)16-31-12-6-9-18-7-4-3-5-8-18/h3-5,7-8,10-11,15,17H,6,9,12-14,16H2,1-2H3,(H,29,30). The lowest BCUT2D eigenvalue weighted by molar-refractivity contribution is -0.137. The molecule has 1 atom stereocenters. The minimum Gasteiger partial charge on any atom is -0.481 e. The lowest BCUT2D eigenvalue weighted by Crippen LogP contribution is -2.13. The Labute approximate surface area is 187 Å². The fourth-order valence-corrected chi connectivity index (χ4v) is 4.10. The number of carbonyl (C=O) groups excluding carboxylic acids is 1. The Morgan fingerprint density at radius 3 is 2.58 bits per heavy atom. The summed E-state index contributed by atoms with van der Waals surface area (Å²) in [6.07, 6.45) is 1.95. The van der Waals surface area contributed by atoms with Gasteiger partial charge >= 0.3 is 5.97 Å². The van der Waals surface area contributed by atoms with Crippen LogP contribution < -0.4 is 0 Å². The van der Waals surface area contributed by atoms with Crippen molar-refractivity contribution in [1.82, 2.24) is 4.57 Å². The SMILES string of the molecule is CC(CC(=O)O)CC(=O)c1c(COCCCc2ccccc2)n(C)c2ccc(Cl)cc12. The second kappa shape index (κ2) is 10.6. The Morgan fingerprint density at radius 2 is 1.87 bits per heavy atom. The van der Waals surface area contributed by atoms with E-state index < -0.39 is 5.97 Å². The molecule has 3 rings (SSSR count). The van der Waals surface area contributed by atoms with Gasteiger partial charge in [-0.05, 0) is 42.5 Å². The molecule has 0 fully saturated rings. The molecular weight excluding hydrogens is 414 g/mol. The molecule has 0 saturated heterocycles. The van der Waals surface area contributed by atoms with Crippen LogP contribution in [0.1, 0.15) is 47.8 Å². The summed E-state index contributed by atoms with van der Waals surface area (Å²) in [5, 5.41) is 10.4. The van der Waals surface area contributed by atoms with E-state index in [9.17, 15) is 9.59 Å². The second-order valence-corrected chi connectivity index (χ2v) is 8.45. The number of hydrogen-bond acceptors (Lipinski definition) is 3. The number of hydrogen-bond donors (Lipinski definition) is 1. The molecule has 0 aliphatic heterocycles. The molecule has 6 heteroatoms. The molecule has 5 nitrogen and oxygen atoms in total. The summed E-state index contributed by atoms with van der Waals surface area (Å²) in [5.74, 6) is -1.23. The first-order chi connectivity index (χ1) is 14.9. The number of carboxylic acid groups (broad SMARTS) is 1. The lowest BCUT2D eigenvalue weighted by atomic mass is 9.95. The molecule has 0 amide bonds. The monoisotopic (exact) mass is 441 g/mol. The molecule has 3 aromatic rings. The molecule has 1 aromatic heterocycles. The van der Waals surface area contributed by atoms with Crippen LogP contribution in [0.25, 0.3) is 10.9 Å². The van der Waals surface area contributed by atoms with Crippen molar-refractivity contribution in [3.8, 4) is 0 Å². The number of aliphatic carboxylic acids is 1. The number of aromatic nitrogens is 1. The lowest BCUT2D eigenvalue weighted by Gasteiger charge is -2.11. The number of carboxylic acids is 1. The summed E-state index contributed by atoms with van der Waals surface area (Å²) in [4.78, 5) is 24.2. The molecule has 0 saturated carbocycles. The number of carbonyl (C=O) groups is 2. The Bertz CT molecular complexity index is 1060. The van der Waals surface area contributed by atoms with E-state index in [1.807, 2.05) is 35.9 Å². The normalized spacial score (nSPS) is 12.2. The third-order valence-electron chi connectivity index (χ3n) is 5.45. The average Bonchev–Trinajstić information content (AvgIpc) is 2.99. The molecule has 0 aliphatic carbocycles. The van der Waals surface area contributed by atoms with Crippen molar-refractivity contribution in [3.05, 3.63) is 70.4 Å². The van der Waals surface area contributed by atoms with Crippen molar-refractivity contribution in [2.24, 2.45) is 13.0 Å². The fraction of sp³-hybridized carbons (Fsp3) is 0.360. The van der Waals surface area contributed by atoms with E-state index in [4.69, 9.17) is 21.4 Å². The van der Waals surface area contributed by atoms with Crippen LogP contribution in [0.15, 0.2) is 48.5 Å². The van der Waals surface area contributed by atoms with Gasteiger partial charge in [0.1, 0.15) is 0 Å². The Hall–Kier alpha value is -2.63. The quantitative estimate of drug-likeness (QED) is 0.307. The summed E-state index contributed by atoms with van der Waals surface area (Å²) >= 11 is 6.21. The third-order valence-corrected chi connectivity index (χ3v) is 5.69. The number of Topliss-reactive ketones (excluding diaryl/α,β-unsaturated/α-hetero) is 1. The van der Waals surface area contributed by atoms with Crippen LogP contribution in [0.5, 0.6) is 0 Å². The first-order valence-corrected chi connectivity index (χ1v) is 10.9. The largest absolute Gasteiger partial charge is 0.481 e. The summed E-state index contributed by atoms with van der Waals surface area (Å²) < 4.78 is 7.91. The smallest absolute Gasteiger partial charge is 0.303 e. The topological polar surface area (TPSA) is 68.5 Å². The number of ether oxygens (including phenoxy) is 1. The fourth-order valence-electron chi connectivity index (χ4n) is 3.93. The number of fused-ring (bicyclic) bond motifs is 1. The zero-order valence-corrected chi connectivity index (χ0v) is 18.7. The number of rotatable bonds is 11. The van der Waals surface area contributed by atoms with Gasteiger partial charge in [-0.2, -0.15) is 0 Å². The molecule has 0 spiro atoms. The van der Waals surface area contributed by atoms with Crippen LogP contribution >= 0.6 is 11.6 Å². The third kappa shape index (κ3) is 5.96. The van der Waals surface area contributed by atoms with Gasteiger partial charge in [-0.1, -0.05) is 48.9 Å². The molecule has 1 unspecified atom stereocenters. The molecule has 164 valence electrons. The number of nitrogens with zero attached hydrogens (tertiary/aromatic N) is 1. The first-order valence-electron chi connectivity index (χ1n) is 10.5. The molecule has 2 aromatic carbocycles. The highest BCUT2D eigenvalue weighted by atomic mass is 35.5. The van der Waals surface area contributed by atoms with Gasteiger partial charge in [0.05, 0.1) is 12.3 Å². The van der Waals surface area contributed by atoms with Gasteiger partial charge < -0.3 is 14.4 Å².